The SMILES string of the molecule is CCC=C(C(=O)OC)N1C(=O)C2CCC(C)CC2C1=O. The zero-order chi connectivity index (χ0) is 14.9. The van der Waals surface area contributed by atoms with E-state index in [1.807, 2.05) is 6.92 Å². The Morgan fingerprint density at radius 1 is 1.30 bits per heavy atom. The molecule has 3 atom stereocenters. The zero-order valence-electron chi connectivity index (χ0n) is 12.2. The lowest BCUT2D eigenvalue weighted by molar-refractivity contribution is -0.146. The summed E-state index contributed by atoms with van der Waals surface area (Å²) in [6, 6.07) is 0. The van der Waals surface area contributed by atoms with E-state index < -0.39 is 5.97 Å². The predicted octanol–water partition coefficient (Wildman–Crippen LogP) is 1.87. The first-order valence-electron chi connectivity index (χ1n) is 7.17. The summed E-state index contributed by atoms with van der Waals surface area (Å²) in [7, 11) is 1.26. The largest absolute Gasteiger partial charge is 0.464 e. The fourth-order valence-electron chi connectivity index (χ4n) is 3.19. The minimum absolute atomic E-state index is 0.0760. The Hall–Kier alpha value is -1.65. The van der Waals surface area contributed by atoms with Crippen molar-refractivity contribution >= 4 is 17.8 Å². The molecule has 1 saturated heterocycles. The van der Waals surface area contributed by atoms with E-state index in [1.54, 1.807) is 6.08 Å². The van der Waals surface area contributed by atoms with Crippen molar-refractivity contribution in [3.05, 3.63) is 11.8 Å². The molecular weight excluding hydrogens is 258 g/mol. The first-order chi connectivity index (χ1) is 9.51. The number of likely N-dealkylation sites (tertiary alicyclic amines) is 1. The summed E-state index contributed by atoms with van der Waals surface area (Å²) in [4.78, 5) is 37.8. The van der Waals surface area contributed by atoms with Crippen LogP contribution in [0.25, 0.3) is 0 Å². The summed E-state index contributed by atoms with van der Waals surface area (Å²) in [5, 5.41) is 0. The van der Waals surface area contributed by atoms with Crippen molar-refractivity contribution in [3.63, 3.8) is 0 Å². The van der Waals surface area contributed by atoms with Crippen molar-refractivity contribution in [2.24, 2.45) is 17.8 Å². The highest BCUT2D eigenvalue weighted by atomic mass is 16.5. The smallest absolute Gasteiger partial charge is 0.354 e. The molecule has 2 fully saturated rings. The first-order valence-corrected chi connectivity index (χ1v) is 7.17. The molecule has 1 aliphatic carbocycles. The van der Waals surface area contributed by atoms with E-state index in [1.165, 1.54) is 7.11 Å². The Morgan fingerprint density at radius 2 is 1.95 bits per heavy atom. The number of hydrogen-bond acceptors (Lipinski definition) is 4. The van der Waals surface area contributed by atoms with Gasteiger partial charge in [-0.2, -0.15) is 0 Å². The average Bonchev–Trinajstić information content (AvgIpc) is 2.67. The lowest BCUT2D eigenvalue weighted by Gasteiger charge is -2.25. The summed E-state index contributed by atoms with van der Waals surface area (Å²) in [5.41, 5.74) is 0.0760. The van der Waals surface area contributed by atoms with E-state index in [4.69, 9.17) is 4.74 Å². The highest BCUT2D eigenvalue weighted by Gasteiger charge is 2.51. The van der Waals surface area contributed by atoms with Gasteiger partial charge in [0.25, 0.3) is 0 Å². The van der Waals surface area contributed by atoms with Crippen LogP contribution in [-0.2, 0) is 19.1 Å². The van der Waals surface area contributed by atoms with Crippen LogP contribution in [-0.4, -0.2) is 29.8 Å². The number of carbonyl (C=O) groups excluding carboxylic acids is 3. The molecule has 1 saturated carbocycles. The molecule has 110 valence electrons. The highest BCUT2D eigenvalue weighted by molar-refractivity contribution is 6.11. The molecule has 1 aliphatic heterocycles. The fourth-order valence-corrected chi connectivity index (χ4v) is 3.19. The van der Waals surface area contributed by atoms with Crippen LogP contribution in [0.2, 0.25) is 0 Å². The van der Waals surface area contributed by atoms with Crippen molar-refractivity contribution in [1.29, 1.82) is 0 Å². The Balaban J connectivity index is 2.32. The van der Waals surface area contributed by atoms with E-state index in [-0.39, 0.29) is 29.3 Å². The Labute approximate surface area is 119 Å². The lowest BCUT2D eigenvalue weighted by Crippen LogP contribution is -2.34. The third-order valence-corrected chi connectivity index (χ3v) is 4.22. The molecule has 0 N–H and O–H groups in total. The fraction of sp³-hybridized carbons (Fsp3) is 0.667. The van der Waals surface area contributed by atoms with Crippen LogP contribution in [0.4, 0.5) is 0 Å². The number of hydrogen-bond donors (Lipinski definition) is 0. The van der Waals surface area contributed by atoms with E-state index in [9.17, 15) is 14.4 Å². The number of allylic oxidation sites excluding steroid dienone is 1. The van der Waals surface area contributed by atoms with Gasteiger partial charge < -0.3 is 4.74 Å². The van der Waals surface area contributed by atoms with Crippen LogP contribution in [0.1, 0.15) is 39.5 Å². The molecule has 0 aromatic carbocycles. The summed E-state index contributed by atoms with van der Waals surface area (Å²) < 4.78 is 4.70. The standard InChI is InChI=1S/C15H21NO4/c1-4-5-12(15(19)20-3)16-13(17)10-7-6-9(2)8-11(10)14(16)18/h5,9-11H,4,6-8H2,1-3H3. The topological polar surface area (TPSA) is 63.7 Å². The molecule has 1 heterocycles. The van der Waals surface area contributed by atoms with Gasteiger partial charge in [-0.25, -0.2) is 9.69 Å². The molecule has 2 aliphatic rings. The molecule has 0 spiro atoms. The van der Waals surface area contributed by atoms with Gasteiger partial charge in [0.1, 0.15) is 5.70 Å². The van der Waals surface area contributed by atoms with Crippen molar-refractivity contribution in [3.8, 4) is 0 Å². The monoisotopic (exact) mass is 279 g/mol. The Bertz CT molecular complexity index is 468. The maximum absolute atomic E-state index is 12.5. The van der Waals surface area contributed by atoms with Gasteiger partial charge in [0.05, 0.1) is 18.9 Å². The molecule has 2 amide bonds. The molecule has 0 radical (unpaired) electrons. The molecule has 0 aromatic rings. The molecule has 3 unspecified atom stereocenters. The van der Waals surface area contributed by atoms with Gasteiger partial charge in [-0.1, -0.05) is 19.9 Å². The van der Waals surface area contributed by atoms with Crippen molar-refractivity contribution in [2.45, 2.75) is 39.5 Å². The predicted molar refractivity (Wildman–Crippen MR) is 72.2 cm³/mol. The van der Waals surface area contributed by atoms with Crippen LogP contribution in [0, 0.1) is 17.8 Å². The first kappa shape index (κ1) is 14.8. The number of esters is 1. The van der Waals surface area contributed by atoms with Crippen molar-refractivity contribution in [1.82, 2.24) is 4.90 Å². The van der Waals surface area contributed by atoms with Gasteiger partial charge in [-0.3, -0.25) is 9.59 Å². The van der Waals surface area contributed by atoms with Crippen LogP contribution >= 0.6 is 0 Å². The molecule has 20 heavy (non-hydrogen) atoms. The van der Waals surface area contributed by atoms with Gasteiger partial charge in [-0.15, -0.1) is 0 Å². The third-order valence-electron chi connectivity index (χ3n) is 4.22. The maximum atomic E-state index is 12.5. The van der Waals surface area contributed by atoms with Crippen LogP contribution in [0.3, 0.4) is 0 Å². The summed E-state index contributed by atoms with van der Waals surface area (Å²) >= 11 is 0. The number of rotatable bonds is 3. The van der Waals surface area contributed by atoms with Gasteiger partial charge in [0, 0.05) is 0 Å². The number of amides is 2. The lowest BCUT2D eigenvalue weighted by atomic mass is 9.76. The quantitative estimate of drug-likeness (QED) is 0.449. The number of ether oxygens (including phenoxy) is 1. The number of methoxy groups -OCH3 is 1. The van der Waals surface area contributed by atoms with Crippen LogP contribution < -0.4 is 0 Å². The number of imide groups is 1. The van der Waals surface area contributed by atoms with Crippen molar-refractivity contribution in [2.75, 3.05) is 7.11 Å². The molecule has 2 rings (SSSR count). The van der Waals surface area contributed by atoms with E-state index >= 15 is 0 Å². The second kappa shape index (κ2) is 5.77. The molecular formula is C15H21NO4. The molecule has 5 nitrogen and oxygen atoms in total. The number of carbonyl (C=O) groups is 3. The molecule has 5 heteroatoms. The molecule has 0 bridgehead atoms. The van der Waals surface area contributed by atoms with Gasteiger partial charge >= 0.3 is 5.97 Å². The summed E-state index contributed by atoms with van der Waals surface area (Å²) in [5.74, 6) is -1.18. The summed E-state index contributed by atoms with van der Waals surface area (Å²) in [6.45, 7) is 3.95. The van der Waals surface area contributed by atoms with Crippen LogP contribution in [0.15, 0.2) is 11.8 Å². The van der Waals surface area contributed by atoms with Crippen LogP contribution in [0.5, 0.6) is 0 Å². The summed E-state index contributed by atoms with van der Waals surface area (Å²) in [6.07, 6.45) is 4.56. The van der Waals surface area contributed by atoms with E-state index in [2.05, 4.69) is 6.92 Å². The number of nitrogens with zero attached hydrogens (tertiary/aromatic N) is 1. The third kappa shape index (κ3) is 2.37. The Morgan fingerprint density at radius 3 is 2.55 bits per heavy atom. The van der Waals surface area contributed by atoms with Gasteiger partial charge in [0.2, 0.25) is 11.8 Å². The minimum atomic E-state index is -0.625. The average molecular weight is 279 g/mol. The van der Waals surface area contributed by atoms with Gasteiger partial charge in [0.15, 0.2) is 0 Å². The zero-order valence-corrected chi connectivity index (χ0v) is 12.2. The second-order valence-corrected chi connectivity index (χ2v) is 5.63. The Kier molecular flexibility index (Phi) is 4.26. The maximum Gasteiger partial charge on any atom is 0.354 e. The van der Waals surface area contributed by atoms with E-state index in [0.29, 0.717) is 12.3 Å². The number of fused-ring (bicyclic) bond motifs is 1. The van der Waals surface area contributed by atoms with Gasteiger partial charge in [-0.05, 0) is 31.6 Å². The van der Waals surface area contributed by atoms with E-state index in [0.717, 1.165) is 24.2 Å². The normalized spacial score (nSPS) is 30.4. The second-order valence-electron chi connectivity index (χ2n) is 5.63. The highest BCUT2D eigenvalue weighted by Crippen LogP contribution is 2.41. The molecule has 0 aromatic heterocycles. The minimum Gasteiger partial charge on any atom is -0.464 e. The van der Waals surface area contributed by atoms with Crippen molar-refractivity contribution < 1.29 is 19.1 Å².